The van der Waals surface area contributed by atoms with E-state index in [0.717, 1.165) is 29.7 Å². The molecule has 0 radical (unpaired) electrons. The van der Waals surface area contributed by atoms with E-state index in [0.29, 0.717) is 6.04 Å². The van der Waals surface area contributed by atoms with E-state index in [1.807, 2.05) is 44.1 Å². The molecule has 0 bridgehead atoms. The predicted octanol–water partition coefficient (Wildman–Crippen LogP) is 3.83. The van der Waals surface area contributed by atoms with Crippen molar-refractivity contribution in [3.8, 4) is 0 Å². The fraction of sp³-hybridized carbons (Fsp3) is 0.588. The summed E-state index contributed by atoms with van der Waals surface area (Å²) in [5, 5.41) is 3.13. The van der Waals surface area contributed by atoms with Gasteiger partial charge in [0.05, 0.1) is 5.56 Å². The Labute approximate surface area is 122 Å². The molecule has 1 saturated carbocycles. The second-order valence-electron chi connectivity index (χ2n) is 5.86. The molecule has 1 N–H and O–H groups in total. The van der Waals surface area contributed by atoms with E-state index < -0.39 is 0 Å². The lowest BCUT2D eigenvalue weighted by Gasteiger charge is -2.28. The maximum Gasteiger partial charge on any atom is 0.255 e. The zero-order chi connectivity index (χ0) is 14.5. The highest BCUT2D eigenvalue weighted by atomic mass is 16.2. The minimum absolute atomic E-state index is 0.143. The molecule has 1 aliphatic rings. The summed E-state index contributed by atoms with van der Waals surface area (Å²) in [5.74, 6) is 0.143. The van der Waals surface area contributed by atoms with E-state index in [-0.39, 0.29) is 5.91 Å². The maximum atomic E-state index is 12.8. The second kappa shape index (κ2) is 6.78. The number of rotatable bonds is 3. The molecule has 0 spiro atoms. The Morgan fingerprint density at radius 2 is 1.85 bits per heavy atom. The van der Waals surface area contributed by atoms with Gasteiger partial charge in [0.1, 0.15) is 0 Å². The highest BCUT2D eigenvalue weighted by Crippen LogP contribution is 2.24. The summed E-state index contributed by atoms with van der Waals surface area (Å²) in [6.45, 7) is 2.03. The molecule has 1 fully saturated rings. The summed E-state index contributed by atoms with van der Waals surface area (Å²) in [7, 11) is 3.83. The van der Waals surface area contributed by atoms with Crippen molar-refractivity contribution in [2.75, 3.05) is 19.4 Å². The lowest BCUT2D eigenvalue weighted by molar-refractivity contribution is 0.0718. The van der Waals surface area contributed by atoms with Crippen molar-refractivity contribution in [2.24, 2.45) is 0 Å². The van der Waals surface area contributed by atoms with Crippen LogP contribution in [-0.2, 0) is 0 Å². The highest BCUT2D eigenvalue weighted by molar-refractivity contribution is 5.99. The lowest BCUT2D eigenvalue weighted by atomic mass is 10.0. The van der Waals surface area contributed by atoms with Crippen LogP contribution in [0.2, 0.25) is 0 Å². The van der Waals surface area contributed by atoms with Gasteiger partial charge in [-0.1, -0.05) is 37.3 Å². The molecule has 110 valence electrons. The molecule has 2 rings (SSSR count). The topological polar surface area (TPSA) is 32.3 Å². The minimum Gasteiger partial charge on any atom is -0.387 e. The number of anilines is 1. The van der Waals surface area contributed by atoms with Gasteiger partial charge in [0.25, 0.3) is 5.91 Å². The molecule has 0 saturated heterocycles. The lowest BCUT2D eigenvalue weighted by Crippen LogP contribution is -2.37. The molecule has 0 aliphatic heterocycles. The average molecular weight is 274 g/mol. The Morgan fingerprint density at radius 3 is 2.45 bits per heavy atom. The summed E-state index contributed by atoms with van der Waals surface area (Å²) < 4.78 is 0. The molecule has 0 atom stereocenters. The van der Waals surface area contributed by atoms with Crippen LogP contribution in [0.15, 0.2) is 18.2 Å². The Hall–Kier alpha value is -1.51. The number of carbonyl (C=O) groups excluding carboxylic acids is 1. The fourth-order valence-corrected chi connectivity index (χ4v) is 3.05. The van der Waals surface area contributed by atoms with Crippen LogP contribution in [-0.4, -0.2) is 30.9 Å². The van der Waals surface area contributed by atoms with Crippen LogP contribution in [0.3, 0.4) is 0 Å². The highest BCUT2D eigenvalue weighted by Gasteiger charge is 2.23. The first-order valence-electron chi connectivity index (χ1n) is 7.69. The van der Waals surface area contributed by atoms with Gasteiger partial charge in [-0.2, -0.15) is 0 Å². The third kappa shape index (κ3) is 3.33. The first-order chi connectivity index (χ1) is 9.63. The van der Waals surface area contributed by atoms with Crippen LogP contribution >= 0.6 is 0 Å². The molecule has 3 nitrogen and oxygen atoms in total. The summed E-state index contributed by atoms with van der Waals surface area (Å²) in [4.78, 5) is 14.7. The van der Waals surface area contributed by atoms with Gasteiger partial charge in [0, 0.05) is 25.8 Å². The van der Waals surface area contributed by atoms with Crippen molar-refractivity contribution in [1.82, 2.24) is 4.90 Å². The second-order valence-corrected chi connectivity index (χ2v) is 5.86. The molecule has 0 unspecified atom stereocenters. The number of amides is 1. The molecule has 1 amide bonds. The summed E-state index contributed by atoms with van der Waals surface area (Å²) in [6, 6.07) is 6.41. The first-order valence-corrected chi connectivity index (χ1v) is 7.69. The Balaban J connectivity index is 2.19. The van der Waals surface area contributed by atoms with Gasteiger partial charge in [-0.3, -0.25) is 4.79 Å². The first kappa shape index (κ1) is 14.9. The SMILES string of the molecule is CNc1ccc(C)cc1C(=O)N(C)C1CCCCCC1. The summed E-state index contributed by atoms with van der Waals surface area (Å²) >= 11 is 0. The Bertz CT molecular complexity index is 462. The molecule has 20 heavy (non-hydrogen) atoms. The van der Waals surface area contributed by atoms with Crippen LogP contribution in [0.1, 0.15) is 54.4 Å². The van der Waals surface area contributed by atoms with E-state index in [1.165, 1.54) is 25.7 Å². The molecule has 1 aromatic rings. The van der Waals surface area contributed by atoms with Gasteiger partial charge in [0.15, 0.2) is 0 Å². The van der Waals surface area contributed by atoms with Gasteiger partial charge in [-0.25, -0.2) is 0 Å². The average Bonchev–Trinajstić information content (AvgIpc) is 2.74. The number of hydrogen-bond acceptors (Lipinski definition) is 2. The molecular formula is C17H26N2O. The van der Waals surface area contributed by atoms with Gasteiger partial charge >= 0.3 is 0 Å². The van der Waals surface area contributed by atoms with E-state index in [9.17, 15) is 4.79 Å². The zero-order valence-electron chi connectivity index (χ0n) is 12.9. The van der Waals surface area contributed by atoms with Gasteiger partial charge < -0.3 is 10.2 Å². The molecule has 0 aromatic heterocycles. The van der Waals surface area contributed by atoms with Crippen molar-refractivity contribution >= 4 is 11.6 Å². The van der Waals surface area contributed by atoms with E-state index in [1.54, 1.807) is 0 Å². The monoisotopic (exact) mass is 274 g/mol. The Kier molecular flexibility index (Phi) is 5.05. The van der Waals surface area contributed by atoms with Gasteiger partial charge in [-0.05, 0) is 31.9 Å². The van der Waals surface area contributed by atoms with Crippen LogP contribution in [0.5, 0.6) is 0 Å². The number of aryl methyl sites for hydroxylation is 1. The predicted molar refractivity (Wildman–Crippen MR) is 84.3 cm³/mol. The molecule has 1 aliphatic carbocycles. The van der Waals surface area contributed by atoms with Crippen molar-refractivity contribution in [1.29, 1.82) is 0 Å². The Morgan fingerprint density at radius 1 is 1.20 bits per heavy atom. The van der Waals surface area contributed by atoms with E-state index >= 15 is 0 Å². The van der Waals surface area contributed by atoms with E-state index in [4.69, 9.17) is 0 Å². The number of carbonyl (C=O) groups is 1. The van der Waals surface area contributed by atoms with Crippen molar-refractivity contribution in [3.63, 3.8) is 0 Å². The molecular weight excluding hydrogens is 248 g/mol. The molecule has 1 aromatic carbocycles. The van der Waals surface area contributed by atoms with E-state index in [2.05, 4.69) is 5.32 Å². The molecule has 0 heterocycles. The third-order valence-corrected chi connectivity index (χ3v) is 4.37. The standard InChI is InChI=1S/C17H26N2O/c1-13-10-11-16(18-2)15(12-13)17(20)19(3)14-8-6-4-5-7-9-14/h10-12,14,18H,4-9H2,1-3H3. The van der Waals surface area contributed by atoms with Crippen LogP contribution < -0.4 is 5.32 Å². The smallest absolute Gasteiger partial charge is 0.255 e. The number of hydrogen-bond donors (Lipinski definition) is 1. The summed E-state index contributed by atoms with van der Waals surface area (Å²) in [6.07, 6.45) is 7.39. The summed E-state index contributed by atoms with van der Waals surface area (Å²) in [5.41, 5.74) is 2.84. The van der Waals surface area contributed by atoms with Crippen LogP contribution in [0.4, 0.5) is 5.69 Å². The van der Waals surface area contributed by atoms with Crippen LogP contribution in [0, 0.1) is 6.92 Å². The number of nitrogens with zero attached hydrogens (tertiary/aromatic N) is 1. The normalized spacial score (nSPS) is 16.6. The third-order valence-electron chi connectivity index (χ3n) is 4.37. The fourth-order valence-electron chi connectivity index (χ4n) is 3.05. The maximum absolute atomic E-state index is 12.8. The van der Waals surface area contributed by atoms with Crippen LogP contribution in [0.25, 0.3) is 0 Å². The molecule has 3 heteroatoms. The zero-order valence-corrected chi connectivity index (χ0v) is 12.9. The van der Waals surface area contributed by atoms with Crippen molar-refractivity contribution < 1.29 is 4.79 Å². The van der Waals surface area contributed by atoms with Gasteiger partial charge in [0.2, 0.25) is 0 Å². The number of nitrogens with one attached hydrogen (secondary N) is 1. The van der Waals surface area contributed by atoms with Crippen molar-refractivity contribution in [3.05, 3.63) is 29.3 Å². The quantitative estimate of drug-likeness (QED) is 0.850. The van der Waals surface area contributed by atoms with Crippen molar-refractivity contribution in [2.45, 2.75) is 51.5 Å². The minimum atomic E-state index is 0.143. The van der Waals surface area contributed by atoms with Gasteiger partial charge in [-0.15, -0.1) is 0 Å². The number of benzene rings is 1. The largest absolute Gasteiger partial charge is 0.387 e.